The summed E-state index contributed by atoms with van der Waals surface area (Å²) in [7, 11) is 0. The number of hydrogen-bond acceptors (Lipinski definition) is 4. The third-order valence-electron chi connectivity index (χ3n) is 3.98. The molecule has 0 aliphatic carbocycles. The molecule has 0 saturated heterocycles. The molecule has 1 aromatic carbocycles. The van der Waals surface area contributed by atoms with Gasteiger partial charge in [0.1, 0.15) is 18.1 Å². The Balaban J connectivity index is 2.89. The summed E-state index contributed by atoms with van der Waals surface area (Å²) >= 11 is 0. The summed E-state index contributed by atoms with van der Waals surface area (Å²) < 4.78 is 0. The van der Waals surface area contributed by atoms with E-state index in [1.54, 1.807) is 6.92 Å². The first-order valence-electron chi connectivity index (χ1n) is 9.63. The van der Waals surface area contributed by atoms with Crippen molar-refractivity contribution in [3.05, 3.63) is 35.9 Å². The predicted octanol–water partition coefficient (Wildman–Crippen LogP) is 0.658. The van der Waals surface area contributed by atoms with Crippen molar-refractivity contribution in [3.63, 3.8) is 0 Å². The van der Waals surface area contributed by atoms with E-state index in [-0.39, 0.29) is 18.2 Å². The SMILES string of the molecule is CC(=O)N[C@@H](C)C(=O)N[C@@H](Cc1ccccc1)C(=O)N[C@@H](C)C(=O)NC(C)(C)C. The molecule has 0 aromatic heterocycles. The average Bonchev–Trinajstić information content (AvgIpc) is 2.59. The standard InChI is InChI=1S/C21H32N4O4/c1-13(22-15(3)26)18(27)24-17(12-16-10-8-7-9-11-16)20(29)23-14(2)19(28)25-21(4,5)6/h7-11,13-14,17H,12H2,1-6H3,(H,22,26)(H,23,29)(H,24,27)(H,25,28)/t13-,14-,17-/m0/s1. The van der Waals surface area contributed by atoms with Crippen LogP contribution in [0.5, 0.6) is 0 Å². The Labute approximate surface area is 172 Å². The van der Waals surface area contributed by atoms with Crippen LogP contribution in [-0.4, -0.2) is 47.3 Å². The first kappa shape index (κ1) is 24.1. The third kappa shape index (κ3) is 9.23. The molecule has 8 heteroatoms. The van der Waals surface area contributed by atoms with E-state index in [1.807, 2.05) is 51.1 Å². The van der Waals surface area contributed by atoms with Crippen molar-refractivity contribution in [1.82, 2.24) is 21.3 Å². The molecule has 0 bridgehead atoms. The van der Waals surface area contributed by atoms with E-state index in [2.05, 4.69) is 21.3 Å². The average molecular weight is 405 g/mol. The van der Waals surface area contributed by atoms with Crippen molar-refractivity contribution < 1.29 is 19.2 Å². The maximum Gasteiger partial charge on any atom is 0.243 e. The van der Waals surface area contributed by atoms with Crippen LogP contribution < -0.4 is 21.3 Å². The van der Waals surface area contributed by atoms with Gasteiger partial charge in [0.25, 0.3) is 0 Å². The highest BCUT2D eigenvalue weighted by Crippen LogP contribution is 2.05. The Morgan fingerprint density at radius 3 is 1.90 bits per heavy atom. The molecule has 1 rings (SSSR count). The highest BCUT2D eigenvalue weighted by Gasteiger charge is 2.27. The highest BCUT2D eigenvalue weighted by atomic mass is 16.2. The molecule has 4 N–H and O–H groups in total. The van der Waals surface area contributed by atoms with Crippen LogP contribution in [0.25, 0.3) is 0 Å². The fourth-order valence-corrected chi connectivity index (χ4v) is 2.58. The van der Waals surface area contributed by atoms with Gasteiger partial charge in [0.05, 0.1) is 0 Å². The summed E-state index contributed by atoms with van der Waals surface area (Å²) in [6.45, 7) is 9.98. The summed E-state index contributed by atoms with van der Waals surface area (Å²) in [5.41, 5.74) is 0.425. The fourth-order valence-electron chi connectivity index (χ4n) is 2.58. The molecule has 160 valence electrons. The van der Waals surface area contributed by atoms with Gasteiger partial charge >= 0.3 is 0 Å². The van der Waals surface area contributed by atoms with E-state index in [4.69, 9.17) is 0 Å². The normalized spacial score (nSPS) is 14.1. The van der Waals surface area contributed by atoms with Crippen LogP contribution in [0.15, 0.2) is 30.3 Å². The van der Waals surface area contributed by atoms with Gasteiger partial charge in [-0.25, -0.2) is 0 Å². The predicted molar refractivity (Wildman–Crippen MR) is 111 cm³/mol. The molecular formula is C21H32N4O4. The van der Waals surface area contributed by atoms with Crippen LogP contribution in [0.1, 0.15) is 47.1 Å². The molecule has 0 saturated carbocycles. The summed E-state index contributed by atoms with van der Waals surface area (Å²) in [5, 5.41) is 10.6. The lowest BCUT2D eigenvalue weighted by molar-refractivity contribution is -0.133. The van der Waals surface area contributed by atoms with Gasteiger partial charge in [0.15, 0.2) is 0 Å². The van der Waals surface area contributed by atoms with Gasteiger partial charge in [-0.2, -0.15) is 0 Å². The minimum Gasteiger partial charge on any atom is -0.350 e. The van der Waals surface area contributed by atoms with E-state index >= 15 is 0 Å². The van der Waals surface area contributed by atoms with Crippen molar-refractivity contribution in [3.8, 4) is 0 Å². The van der Waals surface area contributed by atoms with Crippen LogP contribution in [0.2, 0.25) is 0 Å². The molecule has 1 aromatic rings. The van der Waals surface area contributed by atoms with Gasteiger partial charge in [-0.05, 0) is 40.2 Å². The quantitative estimate of drug-likeness (QED) is 0.509. The summed E-state index contributed by atoms with van der Waals surface area (Å²) in [6, 6.07) is 6.76. The van der Waals surface area contributed by atoms with E-state index in [1.165, 1.54) is 13.8 Å². The van der Waals surface area contributed by atoms with Crippen LogP contribution in [-0.2, 0) is 25.6 Å². The van der Waals surface area contributed by atoms with E-state index < -0.39 is 35.5 Å². The highest BCUT2D eigenvalue weighted by molar-refractivity contribution is 5.94. The van der Waals surface area contributed by atoms with Crippen molar-refractivity contribution in [2.75, 3.05) is 0 Å². The van der Waals surface area contributed by atoms with E-state index in [0.29, 0.717) is 0 Å². The van der Waals surface area contributed by atoms with Crippen molar-refractivity contribution in [2.24, 2.45) is 0 Å². The molecule has 0 aliphatic heterocycles. The molecule has 0 aliphatic rings. The van der Waals surface area contributed by atoms with Gasteiger partial charge in [-0.1, -0.05) is 30.3 Å². The molecule has 0 radical (unpaired) electrons. The molecule has 8 nitrogen and oxygen atoms in total. The van der Waals surface area contributed by atoms with Crippen molar-refractivity contribution in [2.45, 2.75) is 71.6 Å². The molecule has 29 heavy (non-hydrogen) atoms. The Bertz CT molecular complexity index is 728. The molecule has 0 fully saturated rings. The number of hydrogen-bond donors (Lipinski definition) is 4. The number of benzene rings is 1. The maximum absolute atomic E-state index is 12.8. The van der Waals surface area contributed by atoms with E-state index in [0.717, 1.165) is 5.56 Å². The monoisotopic (exact) mass is 404 g/mol. The summed E-state index contributed by atoms with van der Waals surface area (Å²) in [5.74, 6) is -1.62. The topological polar surface area (TPSA) is 116 Å². The van der Waals surface area contributed by atoms with Gasteiger partial charge in [-0.15, -0.1) is 0 Å². The van der Waals surface area contributed by atoms with E-state index in [9.17, 15) is 19.2 Å². The van der Waals surface area contributed by atoms with Gasteiger partial charge in [-0.3, -0.25) is 19.2 Å². The van der Waals surface area contributed by atoms with Gasteiger partial charge < -0.3 is 21.3 Å². The lowest BCUT2D eigenvalue weighted by Gasteiger charge is -2.26. The number of rotatable bonds is 8. The molecular weight excluding hydrogens is 372 g/mol. The Kier molecular flexibility index (Phi) is 8.82. The second-order valence-electron chi connectivity index (χ2n) is 8.14. The lowest BCUT2D eigenvalue weighted by Crippen LogP contribution is -2.57. The molecule has 0 spiro atoms. The zero-order valence-electron chi connectivity index (χ0n) is 18.0. The van der Waals surface area contributed by atoms with Gasteiger partial charge in [0.2, 0.25) is 23.6 Å². The molecule has 3 atom stereocenters. The van der Waals surface area contributed by atoms with Crippen LogP contribution in [0, 0.1) is 0 Å². The minimum atomic E-state index is -0.897. The molecule has 0 unspecified atom stereocenters. The number of amides is 4. The Morgan fingerprint density at radius 2 is 1.38 bits per heavy atom. The second-order valence-corrected chi connectivity index (χ2v) is 8.14. The number of nitrogens with one attached hydrogen (secondary N) is 4. The zero-order chi connectivity index (χ0) is 22.2. The van der Waals surface area contributed by atoms with Crippen LogP contribution in [0.4, 0.5) is 0 Å². The maximum atomic E-state index is 12.8. The molecule has 4 amide bonds. The van der Waals surface area contributed by atoms with Crippen molar-refractivity contribution in [1.29, 1.82) is 0 Å². The van der Waals surface area contributed by atoms with Crippen LogP contribution in [0.3, 0.4) is 0 Å². The lowest BCUT2D eigenvalue weighted by atomic mass is 10.0. The van der Waals surface area contributed by atoms with Crippen LogP contribution >= 0.6 is 0 Å². The first-order valence-corrected chi connectivity index (χ1v) is 9.63. The van der Waals surface area contributed by atoms with Gasteiger partial charge in [0, 0.05) is 18.9 Å². The largest absolute Gasteiger partial charge is 0.350 e. The molecule has 0 heterocycles. The second kappa shape index (κ2) is 10.6. The number of carbonyl (C=O) groups excluding carboxylic acids is 4. The Morgan fingerprint density at radius 1 is 0.828 bits per heavy atom. The smallest absolute Gasteiger partial charge is 0.243 e. The first-order chi connectivity index (χ1) is 13.4. The zero-order valence-corrected chi connectivity index (χ0v) is 18.0. The fraction of sp³-hybridized carbons (Fsp3) is 0.524. The third-order valence-corrected chi connectivity index (χ3v) is 3.98. The Hall–Kier alpha value is -2.90. The number of carbonyl (C=O) groups is 4. The van der Waals surface area contributed by atoms with Crippen molar-refractivity contribution >= 4 is 23.6 Å². The summed E-state index contributed by atoms with van der Waals surface area (Å²) in [6.07, 6.45) is 0.249. The minimum absolute atomic E-state index is 0.249. The summed E-state index contributed by atoms with van der Waals surface area (Å²) in [4.78, 5) is 48.7.